The first-order valence-electron chi connectivity index (χ1n) is 9.75. The molecule has 0 radical (unpaired) electrons. The topological polar surface area (TPSA) is 87.7 Å². The normalized spacial score (nSPS) is 10.8. The van der Waals surface area contributed by atoms with Gasteiger partial charge in [0.15, 0.2) is 0 Å². The van der Waals surface area contributed by atoms with Gasteiger partial charge in [0, 0.05) is 12.2 Å². The Balaban J connectivity index is 1.72. The van der Waals surface area contributed by atoms with Crippen molar-refractivity contribution in [2.75, 3.05) is 17.2 Å². The number of nitriles is 1. The van der Waals surface area contributed by atoms with Crippen LogP contribution in [0.15, 0.2) is 53.7 Å². The van der Waals surface area contributed by atoms with E-state index in [1.54, 1.807) is 9.58 Å². The highest BCUT2D eigenvalue weighted by Gasteiger charge is 2.18. The van der Waals surface area contributed by atoms with Crippen molar-refractivity contribution in [2.24, 2.45) is 0 Å². The number of tetrazole rings is 1. The van der Waals surface area contributed by atoms with E-state index in [-0.39, 0.29) is 18.1 Å². The summed E-state index contributed by atoms with van der Waals surface area (Å²) in [6.45, 7) is 6.63. The Hall–Kier alpha value is -3.18. The van der Waals surface area contributed by atoms with E-state index in [0.717, 1.165) is 16.9 Å². The number of hydrogen-bond acceptors (Lipinski definition) is 6. The average Bonchev–Trinajstić information content (AvgIpc) is 3.22. The molecule has 30 heavy (non-hydrogen) atoms. The number of aryl methyl sites for hydroxylation is 1. The summed E-state index contributed by atoms with van der Waals surface area (Å²) in [7, 11) is 0. The van der Waals surface area contributed by atoms with Crippen molar-refractivity contribution in [3.05, 3.63) is 59.7 Å². The van der Waals surface area contributed by atoms with Crippen molar-refractivity contribution in [1.82, 2.24) is 20.2 Å². The summed E-state index contributed by atoms with van der Waals surface area (Å²) in [5, 5.41) is 21.4. The van der Waals surface area contributed by atoms with E-state index in [0.29, 0.717) is 17.6 Å². The molecule has 154 valence electrons. The molecule has 0 atom stereocenters. The molecule has 0 fully saturated rings. The summed E-state index contributed by atoms with van der Waals surface area (Å²) in [5.74, 6) is 0.522. The van der Waals surface area contributed by atoms with Crippen LogP contribution < -0.4 is 4.90 Å². The van der Waals surface area contributed by atoms with Crippen molar-refractivity contribution in [3.63, 3.8) is 0 Å². The summed E-state index contributed by atoms with van der Waals surface area (Å²) >= 11 is 1.28. The lowest BCUT2D eigenvalue weighted by Gasteiger charge is -2.21. The zero-order valence-corrected chi connectivity index (χ0v) is 18.1. The van der Waals surface area contributed by atoms with Crippen molar-refractivity contribution < 1.29 is 4.79 Å². The molecule has 8 heteroatoms. The fraction of sp³-hybridized carbons (Fsp3) is 0.318. The van der Waals surface area contributed by atoms with E-state index >= 15 is 0 Å². The fourth-order valence-electron chi connectivity index (χ4n) is 2.92. The summed E-state index contributed by atoms with van der Waals surface area (Å²) < 4.78 is 1.63. The second-order valence-electron chi connectivity index (χ2n) is 7.20. The number of hydrogen-bond donors (Lipinski definition) is 0. The quantitative estimate of drug-likeness (QED) is 0.509. The van der Waals surface area contributed by atoms with Crippen LogP contribution >= 0.6 is 11.8 Å². The average molecular weight is 421 g/mol. The highest BCUT2D eigenvalue weighted by Crippen LogP contribution is 2.23. The van der Waals surface area contributed by atoms with Crippen LogP contribution in [0.25, 0.3) is 5.69 Å². The van der Waals surface area contributed by atoms with E-state index in [2.05, 4.69) is 47.6 Å². The number of carbonyl (C=O) groups is 1. The SMILES string of the molecule is Cc1ccc(N(CCC#N)C(=O)CSc2nnnn2-c2ccc(C(C)C)cc2)cc1. The third kappa shape index (κ3) is 5.24. The van der Waals surface area contributed by atoms with Crippen LogP contribution in [0.4, 0.5) is 5.69 Å². The molecule has 0 spiro atoms. The molecule has 2 aromatic carbocycles. The molecule has 3 aromatic rings. The molecule has 1 aromatic heterocycles. The van der Waals surface area contributed by atoms with Crippen LogP contribution in [0.5, 0.6) is 0 Å². The minimum atomic E-state index is -0.0937. The highest BCUT2D eigenvalue weighted by molar-refractivity contribution is 7.99. The Kier molecular flexibility index (Phi) is 7.20. The first-order chi connectivity index (χ1) is 14.5. The van der Waals surface area contributed by atoms with Crippen LogP contribution in [-0.2, 0) is 4.79 Å². The van der Waals surface area contributed by atoms with Gasteiger partial charge in [-0.1, -0.05) is 55.4 Å². The molecular formula is C22H24N6OS. The van der Waals surface area contributed by atoms with Crippen LogP contribution in [0.2, 0.25) is 0 Å². The molecule has 0 N–H and O–H groups in total. The van der Waals surface area contributed by atoms with Gasteiger partial charge in [0.25, 0.3) is 0 Å². The van der Waals surface area contributed by atoms with E-state index in [4.69, 9.17) is 5.26 Å². The maximum Gasteiger partial charge on any atom is 0.237 e. The Morgan fingerprint density at radius 1 is 1.17 bits per heavy atom. The van der Waals surface area contributed by atoms with E-state index < -0.39 is 0 Å². The Bertz CT molecular complexity index is 1020. The predicted molar refractivity (Wildman–Crippen MR) is 118 cm³/mol. The van der Waals surface area contributed by atoms with Crippen molar-refractivity contribution >= 4 is 23.4 Å². The smallest absolute Gasteiger partial charge is 0.237 e. The van der Waals surface area contributed by atoms with Gasteiger partial charge in [0.05, 0.1) is 23.9 Å². The van der Waals surface area contributed by atoms with E-state index in [1.807, 2.05) is 43.3 Å². The Morgan fingerprint density at radius 3 is 2.50 bits per heavy atom. The van der Waals surface area contributed by atoms with Gasteiger partial charge in [-0.3, -0.25) is 4.79 Å². The van der Waals surface area contributed by atoms with Gasteiger partial charge in [0.2, 0.25) is 11.1 Å². The lowest BCUT2D eigenvalue weighted by molar-refractivity contribution is -0.116. The molecule has 0 aliphatic carbocycles. The fourth-order valence-corrected chi connectivity index (χ4v) is 3.69. The Morgan fingerprint density at radius 2 is 1.87 bits per heavy atom. The number of anilines is 1. The van der Waals surface area contributed by atoms with Crippen LogP contribution in [0.1, 0.15) is 37.3 Å². The molecule has 0 aliphatic rings. The first-order valence-corrected chi connectivity index (χ1v) is 10.7. The monoisotopic (exact) mass is 420 g/mol. The van der Waals surface area contributed by atoms with Gasteiger partial charge in [-0.2, -0.15) is 9.94 Å². The van der Waals surface area contributed by atoms with Crippen molar-refractivity contribution in [1.29, 1.82) is 5.26 Å². The molecule has 3 rings (SSSR count). The summed E-state index contributed by atoms with van der Waals surface area (Å²) in [4.78, 5) is 14.6. The van der Waals surface area contributed by atoms with Gasteiger partial charge in [-0.25, -0.2) is 0 Å². The second-order valence-corrected chi connectivity index (χ2v) is 8.14. The van der Waals surface area contributed by atoms with Gasteiger partial charge in [-0.05, 0) is 53.1 Å². The van der Waals surface area contributed by atoms with Crippen molar-refractivity contribution in [2.45, 2.75) is 38.3 Å². The number of benzene rings is 2. The maximum absolute atomic E-state index is 12.9. The number of carbonyl (C=O) groups excluding carboxylic acids is 1. The lowest BCUT2D eigenvalue weighted by Crippen LogP contribution is -2.33. The third-order valence-electron chi connectivity index (χ3n) is 4.66. The van der Waals surface area contributed by atoms with Gasteiger partial charge in [0.1, 0.15) is 0 Å². The summed E-state index contributed by atoms with van der Waals surface area (Å²) in [6.07, 6.45) is 0.268. The number of amides is 1. The molecule has 0 bridgehead atoms. The summed E-state index contributed by atoms with van der Waals surface area (Å²) in [5.41, 5.74) is 3.98. The van der Waals surface area contributed by atoms with Crippen molar-refractivity contribution in [3.8, 4) is 11.8 Å². The third-order valence-corrected chi connectivity index (χ3v) is 5.57. The lowest BCUT2D eigenvalue weighted by atomic mass is 10.0. The largest absolute Gasteiger partial charge is 0.311 e. The zero-order chi connectivity index (χ0) is 21.5. The van der Waals surface area contributed by atoms with Gasteiger partial charge >= 0.3 is 0 Å². The maximum atomic E-state index is 12.9. The standard InChI is InChI=1S/C22H24N6OS/c1-16(2)18-7-11-20(12-8-18)28-22(24-25-26-28)30-15-21(29)27(14-4-13-23)19-9-5-17(3)6-10-19/h5-12,16H,4,14-15H2,1-3H3. The predicted octanol–water partition coefficient (Wildman–Crippen LogP) is 4.13. The first kappa shape index (κ1) is 21.5. The number of nitrogens with zero attached hydrogens (tertiary/aromatic N) is 6. The molecule has 0 saturated carbocycles. The molecule has 7 nitrogen and oxygen atoms in total. The van der Waals surface area contributed by atoms with E-state index in [9.17, 15) is 4.79 Å². The zero-order valence-electron chi connectivity index (χ0n) is 17.3. The minimum Gasteiger partial charge on any atom is -0.311 e. The second kappa shape index (κ2) is 10.0. The van der Waals surface area contributed by atoms with E-state index in [1.165, 1.54) is 17.3 Å². The van der Waals surface area contributed by atoms with Gasteiger partial charge in [-0.15, -0.1) is 5.10 Å². The summed E-state index contributed by atoms with van der Waals surface area (Å²) in [6, 6.07) is 17.9. The molecule has 0 saturated heterocycles. The van der Waals surface area contributed by atoms with Gasteiger partial charge < -0.3 is 4.90 Å². The molecular weight excluding hydrogens is 396 g/mol. The molecule has 0 aliphatic heterocycles. The van der Waals surface area contributed by atoms with Crippen LogP contribution in [0, 0.1) is 18.3 Å². The molecule has 1 heterocycles. The number of rotatable bonds is 8. The highest BCUT2D eigenvalue weighted by atomic mass is 32.2. The number of thioether (sulfide) groups is 1. The van der Waals surface area contributed by atoms with Crippen LogP contribution in [0.3, 0.4) is 0 Å². The Labute approximate surface area is 180 Å². The molecule has 0 unspecified atom stereocenters. The van der Waals surface area contributed by atoms with Crippen LogP contribution in [-0.4, -0.2) is 38.4 Å². The minimum absolute atomic E-state index is 0.0937. The number of aromatic nitrogens is 4. The molecule has 1 amide bonds.